The highest BCUT2D eigenvalue weighted by atomic mass is 16.5. The Morgan fingerprint density at radius 3 is 2.45 bits per heavy atom. The Hall–Kier alpha value is -3.53. The number of pyridine rings is 2. The maximum Gasteiger partial charge on any atom is 0.219 e. The summed E-state index contributed by atoms with van der Waals surface area (Å²) in [5.41, 5.74) is 15.0. The number of nitrogens with zero attached hydrogens (tertiary/aromatic N) is 4. The summed E-state index contributed by atoms with van der Waals surface area (Å²) < 4.78 is 6.13. The SMILES string of the molecule is N#Cc1c(N2CCCCC2)nc(N)c2c(N)nc3c(c12)C[C@@H](c1ccccc1)O3. The van der Waals surface area contributed by atoms with Crippen molar-refractivity contribution in [2.45, 2.75) is 31.8 Å². The quantitative estimate of drug-likeness (QED) is 0.694. The minimum absolute atomic E-state index is 0.164. The molecule has 1 atom stereocenters. The number of aromatic nitrogens is 2. The summed E-state index contributed by atoms with van der Waals surface area (Å²) in [7, 11) is 0. The lowest BCUT2D eigenvalue weighted by Gasteiger charge is -2.29. The van der Waals surface area contributed by atoms with E-state index >= 15 is 0 Å². The number of fused-ring (bicyclic) bond motifs is 3. The molecule has 2 aliphatic rings. The van der Waals surface area contributed by atoms with Crippen LogP contribution >= 0.6 is 0 Å². The molecule has 2 aliphatic heterocycles. The molecule has 0 amide bonds. The van der Waals surface area contributed by atoms with Gasteiger partial charge in [-0.3, -0.25) is 0 Å². The van der Waals surface area contributed by atoms with E-state index in [1.54, 1.807) is 0 Å². The van der Waals surface area contributed by atoms with Crippen molar-refractivity contribution in [3.63, 3.8) is 0 Å². The second-order valence-corrected chi connectivity index (χ2v) is 7.61. The fourth-order valence-corrected chi connectivity index (χ4v) is 4.43. The van der Waals surface area contributed by atoms with E-state index in [-0.39, 0.29) is 11.9 Å². The van der Waals surface area contributed by atoms with E-state index in [9.17, 15) is 5.26 Å². The number of anilines is 3. The lowest BCUT2D eigenvalue weighted by atomic mass is 9.97. The average molecular weight is 386 g/mol. The second kappa shape index (κ2) is 6.82. The molecule has 3 aromatic rings. The first-order chi connectivity index (χ1) is 14.2. The Kier molecular flexibility index (Phi) is 4.13. The smallest absolute Gasteiger partial charge is 0.219 e. The van der Waals surface area contributed by atoms with Gasteiger partial charge in [0.1, 0.15) is 35.2 Å². The lowest BCUT2D eigenvalue weighted by molar-refractivity contribution is 0.231. The molecule has 1 aromatic carbocycles. The molecule has 5 rings (SSSR count). The van der Waals surface area contributed by atoms with Crippen molar-refractivity contribution in [1.82, 2.24) is 9.97 Å². The predicted molar refractivity (Wildman–Crippen MR) is 113 cm³/mol. The van der Waals surface area contributed by atoms with Crippen LogP contribution in [0.4, 0.5) is 17.5 Å². The van der Waals surface area contributed by atoms with E-state index in [1.165, 1.54) is 6.42 Å². The standard InChI is InChI=1S/C22H22N6O/c23-12-15-17-14-11-16(13-7-3-1-4-8-13)29-22(14)27-20(25)18(17)19(24)26-21(15)28-9-5-2-6-10-28/h1,3-4,7-8,16H,2,5-6,9-11H2,(H2,24,26)(H2,25,27)/t16-/m0/s1. The highest BCUT2D eigenvalue weighted by Crippen LogP contribution is 2.45. The summed E-state index contributed by atoms with van der Waals surface area (Å²) in [6.07, 6.45) is 3.81. The lowest BCUT2D eigenvalue weighted by Crippen LogP contribution is -2.31. The van der Waals surface area contributed by atoms with Gasteiger partial charge < -0.3 is 21.1 Å². The Labute approximate surface area is 168 Å². The Balaban J connectivity index is 1.71. The van der Waals surface area contributed by atoms with Crippen molar-refractivity contribution in [3.05, 3.63) is 47.0 Å². The van der Waals surface area contributed by atoms with Crippen LogP contribution < -0.4 is 21.1 Å². The molecular weight excluding hydrogens is 364 g/mol. The number of benzene rings is 1. The van der Waals surface area contributed by atoms with Crippen LogP contribution in [0.25, 0.3) is 10.8 Å². The molecule has 4 N–H and O–H groups in total. The summed E-state index contributed by atoms with van der Waals surface area (Å²) in [4.78, 5) is 11.2. The average Bonchev–Trinajstić information content (AvgIpc) is 3.18. The molecule has 7 nitrogen and oxygen atoms in total. The van der Waals surface area contributed by atoms with Crippen LogP contribution in [0.15, 0.2) is 30.3 Å². The van der Waals surface area contributed by atoms with E-state index in [4.69, 9.17) is 16.2 Å². The van der Waals surface area contributed by atoms with Crippen LogP contribution in [0.3, 0.4) is 0 Å². The third-order valence-corrected chi connectivity index (χ3v) is 5.83. The molecule has 0 aliphatic carbocycles. The zero-order chi connectivity index (χ0) is 20.0. The van der Waals surface area contributed by atoms with E-state index < -0.39 is 0 Å². The number of nitriles is 1. The Morgan fingerprint density at radius 1 is 1.00 bits per heavy atom. The summed E-state index contributed by atoms with van der Waals surface area (Å²) in [5, 5.41) is 11.4. The molecule has 1 saturated heterocycles. The summed E-state index contributed by atoms with van der Waals surface area (Å²) in [5.74, 6) is 1.69. The third-order valence-electron chi connectivity index (χ3n) is 5.83. The number of hydrogen-bond acceptors (Lipinski definition) is 7. The maximum absolute atomic E-state index is 10.1. The zero-order valence-corrected chi connectivity index (χ0v) is 16.1. The number of piperidine rings is 1. The highest BCUT2D eigenvalue weighted by Gasteiger charge is 2.32. The van der Waals surface area contributed by atoms with Crippen molar-refractivity contribution < 1.29 is 4.74 Å². The second-order valence-electron chi connectivity index (χ2n) is 7.61. The van der Waals surface area contributed by atoms with Crippen LogP contribution in [0.2, 0.25) is 0 Å². The van der Waals surface area contributed by atoms with Gasteiger partial charge in [0, 0.05) is 30.5 Å². The van der Waals surface area contributed by atoms with Gasteiger partial charge in [0.05, 0.1) is 5.39 Å². The van der Waals surface area contributed by atoms with E-state index in [1.807, 2.05) is 30.3 Å². The molecule has 4 heterocycles. The highest BCUT2D eigenvalue weighted by molar-refractivity contribution is 6.06. The molecule has 0 radical (unpaired) electrons. The summed E-state index contributed by atoms with van der Waals surface area (Å²) in [6, 6.07) is 12.4. The molecule has 1 fully saturated rings. The van der Waals surface area contributed by atoms with Gasteiger partial charge in [-0.05, 0) is 24.8 Å². The van der Waals surface area contributed by atoms with Crippen molar-refractivity contribution in [3.8, 4) is 11.9 Å². The largest absolute Gasteiger partial charge is 0.469 e. The van der Waals surface area contributed by atoms with Gasteiger partial charge in [0.2, 0.25) is 5.88 Å². The van der Waals surface area contributed by atoms with Crippen molar-refractivity contribution in [2.75, 3.05) is 29.5 Å². The number of ether oxygens (including phenoxy) is 1. The van der Waals surface area contributed by atoms with Crippen LogP contribution in [0.5, 0.6) is 5.88 Å². The fourth-order valence-electron chi connectivity index (χ4n) is 4.43. The Bertz CT molecular complexity index is 1130. The topological polar surface area (TPSA) is 114 Å². The normalized spacial score (nSPS) is 18.3. The molecule has 0 spiro atoms. The molecule has 2 aromatic heterocycles. The first-order valence-electron chi connectivity index (χ1n) is 9.95. The summed E-state index contributed by atoms with van der Waals surface area (Å²) in [6.45, 7) is 1.75. The first kappa shape index (κ1) is 17.6. The van der Waals surface area contributed by atoms with Gasteiger partial charge >= 0.3 is 0 Å². The van der Waals surface area contributed by atoms with Gasteiger partial charge in [-0.2, -0.15) is 10.2 Å². The number of nitrogens with two attached hydrogens (primary N) is 2. The molecule has 29 heavy (non-hydrogen) atoms. The van der Waals surface area contributed by atoms with Crippen molar-refractivity contribution in [1.29, 1.82) is 5.26 Å². The predicted octanol–water partition coefficient (Wildman–Crippen LogP) is 3.33. The minimum Gasteiger partial charge on any atom is -0.469 e. The monoisotopic (exact) mass is 386 g/mol. The van der Waals surface area contributed by atoms with Crippen LogP contribution in [-0.4, -0.2) is 23.1 Å². The van der Waals surface area contributed by atoms with E-state index in [0.717, 1.165) is 42.4 Å². The number of rotatable bonds is 2. The maximum atomic E-state index is 10.1. The van der Waals surface area contributed by atoms with Crippen LogP contribution in [0, 0.1) is 11.3 Å². The third kappa shape index (κ3) is 2.80. The van der Waals surface area contributed by atoms with Crippen LogP contribution in [0.1, 0.15) is 42.1 Å². The fraction of sp³-hybridized carbons (Fsp3) is 0.318. The summed E-state index contributed by atoms with van der Waals surface area (Å²) >= 11 is 0. The molecule has 0 unspecified atom stereocenters. The molecule has 0 saturated carbocycles. The first-order valence-corrected chi connectivity index (χ1v) is 9.95. The number of nitrogen functional groups attached to an aromatic ring is 2. The number of hydrogen-bond donors (Lipinski definition) is 2. The molecule has 146 valence electrons. The minimum atomic E-state index is -0.164. The molecule has 0 bridgehead atoms. The van der Waals surface area contributed by atoms with Crippen molar-refractivity contribution >= 4 is 28.2 Å². The molecular formula is C22H22N6O. The molecule has 7 heteroatoms. The Morgan fingerprint density at radius 2 is 1.72 bits per heavy atom. The van der Waals surface area contributed by atoms with Gasteiger partial charge in [-0.15, -0.1) is 0 Å². The zero-order valence-electron chi connectivity index (χ0n) is 16.1. The van der Waals surface area contributed by atoms with Crippen molar-refractivity contribution in [2.24, 2.45) is 0 Å². The van der Waals surface area contributed by atoms with Gasteiger partial charge in [0.15, 0.2) is 0 Å². The van der Waals surface area contributed by atoms with E-state index in [2.05, 4.69) is 20.9 Å². The van der Waals surface area contributed by atoms with Crippen LogP contribution in [-0.2, 0) is 6.42 Å². The van der Waals surface area contributed by atoms with E-state index in [0.29, 0.717) is 34.9 Å². The van der Waals surface area contributed by atoms with Gasteiger partial charge in [0.25, 0.3) is 0 Å². The van der Waals surface area contributed by atoms with Gasteiger partial charge in [-0.1, -0.05) is 30.3 Å². The van der Waals surface area contributed by atoms with Gasteiger partial charge in [-0.25, -0.2) is 4.98 Å².